The second kappa shape index (κ2) is 5.15. The molecule has 1 heterocycles. The van der Waals surface area contributed by atoms with E-state index in [1.807, 2.05) is 26.8 Å². The average Bonchev–Trinajstić information content (AvgIpc) is 2.39. The summed E-state index contributed by atoms with van der Waals surface area (Å²) in [6, 6.07) is 1.86. The molecular weight excluding hydrogens is 390 g/mol. The van der Waals surface area contributed by atoms with Gasteiger partial charge in [0, 0.05) is 5.92 Å². The van der Waals surface area contributed by atoms with Gasteiger partial charge in [-0.3, -0.25) is 9.36 Å². The van der Waals surface area contributed by atoms with Gasteiger partial charge in [0.25, 0.3) is 0 Å². The van der Waals surface area contributed by atoms with Gasteiger partial charge in [0.05, 0.1) is 9.08 Å². The number of nitrogens with zero attached hydrogens (tertiary/aromatic N) is 1. The number of carbonyl (C=O) groups excluding carboxylic acids is 1. The predicted molar refractivity (Wildman–Crippen MR) is 72.2 cm³/mol. The standard InChI is InChI=1S/C10H12Br3NO/c1-5(2)6(3)10(15)14-8(12)4-7(11)9(14)13/h4-6H,1-3H3. The topological polar surface area (TPSA) is 22.0 Å². The van der Waals surface area contributed by atoms with E-state index in [2.05, 4.69) is 47.8 Å². The largest absolute Gasteiger partial charge is 0.274 e. The van der Waals surface area contributed by atoms with Gasteiger partial charge >= 0.3 is 0 Å². The Kier molecular flexibility index (Phi) is 4.62. The lowest BCUT2D eigenvalue weighted by Crippen LogP contribution is -2.23. The van der Waals surface area contributed by atoms with Crippen LogP contribution in [0.5, 0.6) is 0 Å². The third-order valence-corrected chi connectivity index (χ3v) is 4.96. The van der Waals surface area contributed by atoms with Gasteiger partial charge in [0.2, 0.25) is 5.91 Å². The molecule has 84 valence electrons. The molecule has 1 atom stereocenters. The molecule has 1 rings (SSSR count). The lowest BCUT2D eigenvalue weighted by molar-refractivity contribution is 0.0807. The maximum atomic E-state index is 12.1. The molecule has 0 aliphatic rings. The van der Waals surface area contributed by atoms with Crippen molar-refractivity contribution in [1.82, 2.24) is 4.57 Å². The molecule has 0 amide bonds. The molecule has 0 aliphatic carbocycles. The lowest BCUT2D eigenvalue weighted by atomic mass is 9.97. The fourth-order valence-corrected chi connectivity index (χ4v) is 3.12. The van der Waals surface area contributed by atoms with E-state index >= 15 is 0 Å². The molecule has 0 saturated heterocycles. The lowest BCUT2D eigenvalue weighted by Gasteiger charge is -2.16. The first-order valence-electron chi connectivity index (χ1n) is 4.62. The molecule has 1 aromatic heterocycles. The molecule has 0 bridgehead atoms. The van der Waals surface area contributed by atoms with Crippen LogP contribution in [0.3, 0.4) is 0 Å². The fraction of sp³-hybridized carbons (Fsp3) is 0.500. The number of hydrogen-bond acceptors (Lipinski definition) is 1. The maximum Gasteiger partial charge on any atom is 0.235 e. The molecule has 1 unspecified atom stereocenters. The van der Waals surface area contributed by atoms with E-state index in [4.69, 9.17) is 0 Å². The molecule has 0 N–H and O–H groups in total. The van der Waals surface area contributed by atoms with Crippen molar-refractivity contribution in [3.05, 3.63) is 19.7 Å². The summed E-state index contributed by atoms with van der Waals surface area (Å²) in [7, 11) is 0. The van der Waals surface area contributed by atoms with Crippen LogP contribution < -0.4 is 0 Å². The van der Waals surface area contributed by atoms with Crippen LogP contribution >= 0.6 is 47.8 Å². The number of halogens is 3. The van der Waals surface area contributed by atoms with E-state index in [9.17, 15) is 4.79 Å². The van der Waals surface area contributed by atoms with Crippen LogP contribution in [0.4, 0.5) is 0 Å². The second-order valence-corrected chi connectivity index (χ2v) is 6.23. The van der Waals surface area contributed by atoms with Gasteiger partial charge in [-0.2, -0.15) is 0 Å². The normalized spacial score (nSPS) is 13.3. The monoisotopic (exact) mass is 399 g/mol. The van der Waals surface area contributed by atoms with Crippen molar-refractivity contribution in [2.45, 2.75) is 20.8 Å². The average molecular weight is 402 g/mol. The van der Waals surface area contributed by atoms with Crippen LogP contribution in [0.2, 0.25) is 0 Å². The number of rotatable bonds is 2. The molecular formula is C10H12Br3NO. The van der Waals surface area contributed by atoms with Gasteiger partial charge in [-0.15, -0.1) is 0 Å². The Bertz CT molecular complexity index is 384. The van der Waals surface area contributed by atoms with Crippen molar-refractivity contribution < 1.29 is 4.79 Å². The summed E-state index contributed by atoms with van der Waals surface area (Å²) in [5, 5.41) is 0. The van der Waals surface area contributed by atoms with E-state index in [1.54, 1.807) is 4.57 Å². The highest BCUT2D eigenvalue weighted by Gasteiger charge is 2.23. The molecule has 0 aliphatic heterocycles. The zero-order valence-electron chi connectivity index (χ0n) is 8.72. The first-order chi connectivity index (χ1) is 6.86. The van der Waals surface area contributed by atoms with Gasteiger partial charge in [-0.25, -0.2) is 0 Å². The maximum absolute atomic E-state index is 12.1. The molecule has 0 fully saturated rings. The van der Waals surface area contributed by atoms with E-state index in [0.29, 0.717) is 5.92 Å². The molecule has 0 aromatic carbocycles. The highest BCUT2D eigenvalue weighted by atomic mass is 79.9. The van der Waals surface area contributed by atoms with Gasteiger partial charge in [-0.05, 0) is 59.8 Å². The third-order valence-electron chi connectivity index (χ3n) is 2.46. The van der Waals surface area contributed by atoms with Crippen LogP contribution in [-0.2, 0) is 0 Å². The molecule has 5 heteroatoms. The van der Waals surface area contributed by atoms with Crippen molar-refractivity contribution in [2.75, 3.05) is 0 Å². The van der Waals surface area contributed by atoms with Crippen LogP contribution in [0.25, 0.3) is 0 Å². The Labute approximate surface area is 115 Å². The van der Waals surface area contributed by atoms with Gasteiger partial charge in [0.1, 0.15) is 4.60 Å². The number of carbonyl (C=O) groups is 1. The Morgan fingerprint density at radius 1 is 1.27 bits per heavy atom. The molecule has 2 nitrogen and oxygen atoms in total. The first-order valence-corrected chi connectivity index (χ1v) is 7.00. The highest BCUT2D eigenvalue weighted by molar-refractivity contribution is 9.13. The Hall–Kier alpha value is 0.390. The molecule has 15 heavy (non-hydrogen) atoms. The quantitative estimate of drug-likeness (QED) is 0.703. The third kappa shape index (κ3) is 2.74. The minimum atomic E-state index is -0.00287. The molecule has 1 aromatic rings. The summed E-state index contributed by atoms with van der Waals surface area (Å²) in [6.07, 6.45) is 0. The Balaban J connectivity index is 3.11. The van der Waals surface area contributed by atoms with Crippen LogP contribution in [0.1, 0.15) is 25.6 Å². The van der Waals surface area contributed by atoms with E-state index < -0.39 is 0 Å². The van der Waals surface area contributed by atoms with Crippen LogP contribution in [0, 0.1) is 11.8 Å². The summed E-state index contributed by atoms with van der Waals surface area (Å²) in [5.41, 5.74) is 0. The predicted octanol–water partition coefficient (Wildman–Crippen LogP) is 4.71. The van der Waals surface area contributed by atoms with Gasteiger partial charge < -0.3 is 0 Å². The first kappa shape index (κ1) is 13.5. The Morgan fingerprint density at radius 3 is 2.13 bits per heavy atom. The minimum Gasteiger partial charge on any atom is -0.274 e. The fourth-order valence-electron chi connectivity index (χ4n) is 1.12. The molecule has 0 spiro atoms. The second-order valence-electron chi connectivity index (χ2n) is 3.81. The van der Waals surface area contributed by atoms with Crippen molar-refractivity contribution >= 4 is 53.7 Å². The molecule has 0 saturated carbocycles. The van der Waals surface area contributed by atoms with Gasteiger partial charge in [-0.1, -0.05) is 20.8 Å². The van der Waals surface area contributed by atoms with E-state index in [1.165, 1.54) is 0 Å². The highest BCUT2D eigenvalue weighted by Crippen LogP contribution is 2.31. The number of hydrogen-bond donors (Lipinski definition) is 0. The summed E-state index contributed by atoms with van der Waals surface area (Å²) >= 11 is 10.1. The zero-order chi connectivity index (χ0) is 11.7. The van der Waals surface area contributed by atoms with Crippen LogP contribution in [0.15, 0.2) is 19.7 Å². The van der Waals surface area contributed by atoms with E-state index in [-0.39, 0.29) is 11.8 Å². The van der Waals surface area contributed by atoms with Crippen LogP contribution in [-0.4, -0.2) is 10.5 Å². The van der Waals surface area contributed by atoms with Crippen molar-refractivity contribution in [3.63, 3.8) is 0 Å². The summed E-state index contributed by atoms with van der Waals surface area (Å²) < 4.78 is 4.03. The van der Waals surface area contributed by atoms with Gasteiger partial charge in [0.15, 0.2) is 0 Å². The van der Waals surface area contributed by atoms with Crippen molar-refractivity contribution in [2.24, 2.45) is 11.8 Å². The summed E-state index contributed by atoms with van der Waals surface area (Å²) in [4.78, 5) is 12.1. The van der Waals surface area contributed by atoms with E-state index in [0.717, 1.165) is 13.7 Å². The number of aromatic nitrogens is 1. The SMILES string of the molecule is CC(C)C(C)C(=O)n1c(Br)cc(Br)c1Br. The summed E-state index contributed by atoms with van der Waals surface area (Å²) in [5.74, 6) is 0.420. The minimum absolute atomic E-state index is 0.00287. The molecule has 0 radical (unpaired) electrons. The Morgan fingerprint density at radius 2 is 1.80 bits per heavy atom. The smallest absolute Gasteiger partial charge is 0.235 e. The van der Waals surface area contributed by atoms with Crippen molar-refractivity contribution in [1.29, 1.82) is 0 Å². The summed E-state index contributed by atoms with van der Waals surface area (Å²) in [6.45, 7) is 6.03. The van der Waals surface area contributed by atoms with Crippen molar-refractivity contribution in [3.8, 4) is 0 Å². The zero-order valence-corrected chi connectivity index (χ0v) is 13.5.